The molecule has 1 aromatic carbocycles. The van der Waals surface area contributed by atoms with Gasteiger partial charge in [0.1, 0.15) is 11.5 Å². The Hall–Kier alpha value is -3.36. The highest BCUT2D eigenvalue weighted by Crippen LogP contribution is 2.27. The number of ether oxygens (including phenoxy) is 2. The third kappa shape index (κ3) is 4.43. The highest BCUT2D eigenvalue weighted by molar-refractivity contribution is 6.00. The zero-order valence-electron chi connectivity index (χ0n) is 14.9. The van der Waals surface area contributed by atoms with E-state index < -0.39 is 24.4 Å². The molecule has 2 aromatic rings. The molecule has 1 aliphatic rings. The molecule has 1 aromatic heterocycles. The summed E-state index contributed by atoms with van der Waals surface area (Å²) < 4.78 is 14.9. The van der Waals surface area contributed by atoms with E-state index in [9.17, 15) is 14.4 Å². The molecular formula is C18H19N3O6. The largest absolute Gasteiger partial charge is 0.497 e. The van der Waals surface area contributed by atoms with Crippen molar-refractivity contribution in [2.24, 2.45) is 5.92 Å². The molecule has 9 nitrogen and oxygen atoms in total. The second-order valence-corrected chi connectivity index (χ2v) is 6.08. The van der Waals surface area contributed by atoms with Crippen LogP contribution < -0.4 is 15.0 Å². The summed E-state index contributed by atoms with van der Waals surface area (Å²) >= 11 is 0. The standard InChI is InChI=1S/C18H19N3O6/c1-11-7-15(20-27-11)19-16(22)10-26-18(24)12-8-17(23)21(9-12)13-3-5-14(25-2)6-4-13/h3-7,12H,8-10H2,1-2H3,(H,19,20,22)/t12-/m1/s1. The Bertz CT molecular complexity index is 845. The first-order valence-electron chi connectivity index (χ1n) is 8.30. The molecule has 27 heavy (non-hydrogen) atoms. The molecule has 3 rings (SSSR count). The lowest BCUT2D eigenvalue weighted by Crippen LogP contribution is -2.28. The summed E-state index contributed by atoms with van der Waals surface area (Å²) in [5.41, 5.74) is 0.676. The van der Waals surface area contributed by atoms with Crippen LogP contribution in [0.1, 0.15) is 12.2 Å². The summed E-state index contributed by atoms with van der Waals surface area (Å²) in [6, 6.07) is 8.52. The van der Waals surface area contributed by atoms with Gasteiger partial charge >= 0.3 is 5.97 Å². The average molecular weight is 373 g/mol. The Morgan fingerprint density at radius 2 is 2.07 bits per heavy atom. The van der Waals surface area contributed by atoms with Crippen LogP contribution >= 0.6 is 0 Å². The Labute approximate surface area is 155 Å². The van der Waals surface area contributed by atoms with Gasteiger partial charge in [-0.1, -0.05) is 5.16 Å². The summed E-state index contributed by atoms with van der Waals surface area (Å²) in [7, 11) is 1.56. The van der Waals surface area contributed by atoms with E-state index in [4.69, 9.17) is 14.0 Å². The van der Waals surface area contributed by atoms with E-state index in [1.54, 1.807) is 44.4 Å². The molecule has 0 saturated carbocycles. The van der Waals surface area contributed by atoms with Gasteiger partial charge in [0.2, 0.25) is 5.91 Å². The molecule has 1 saturated heterocycles. The zero-order valence-corrected chi connectivity index (χ0v) is 14.9. The maximum absolute atomic E-state index is 12.2. The fourth-order valence-electron chi connectivity index (χ4n) is 2.74. The van der Waals surface area contributed by atoms with Crippen LogP contribution in [-0.2, 0) is 19.1 Å². The van der Waals surface area contributed by atoms with E-state index >= 15 is 0 Å². The number of rotatable bonds is 6. The summed E-state index contributed by atoms with van der Waals surface area (Å²) in [6.45, 7) is 1.43. The van der Waals surface area contributed by atoms with Crippen molar-refractivity contribution in [2.45, 2.75) is 13.3 Å². The number of benzene rings is 1. The maximum atomic E-state index is 12.2. The highest BCUT2D eigenvalue weighted by atomic mass is 16.5. The van der Waals surface area contributed by atoms with Crippen molar-refractivity contribution < 1.29 is 28.4 Å². The van der Waals surface area contributed by atoms with Gasteiger partial charge < -0.3 is 24.2 Å². The van der Waals surface area contributed by atoms with Crippen LogP contribution in [0.2, 0.25) is 0 Å². The molecule has 0 unspecified atom stereocenters. The van der Waals surface area contributed by atoms with Gasteiger partial charge in [-0.05, 0) is 31.2 Å². The number of carbonyl (C=O) groups excluding carboxylic acids is 3. The molecule has 2 heterocycles. The van der Waals surface area contributed by atoms with E-state index in [0.29, 0.717) is 17.2 Å². The molecule has 1 aliphatic heterocycles. The second-order valence-electron chi connectivity index (χ2n) is 6.08. The normalized spacial score (nSPS) is 16.3. The van der Waals surface area contributed by atoms with E-state index in [1.807, 2.05) is 0 Å². The number of methoxy groups -OCH3 is 1. The smallest absolute Gasteiger partial charge is 0.311 e. The predicted octanol–water partition coefficient (Wildman–Crippen LogP) is 1.53. The maximum Gasteiger partial charge on any atom is 0.311 e. The monoisotopic (exact) mass is 373 g/mol. The topological polar surface area (TPSA) is 111 Å². The number of hydrogen-bond acceptors (Lipinski definition) is 7. The molecule has 2 amide bonds. The lowest BCUT2D eigenvalue weighted by atomic mass is 10.1. The second kappa shape index (κ2) is 7.90. The molecule has 0 spiro atoms. The number of nitrogens with zero attached hydrogens (tertiary/aromatic N) is 2. The number of carbonyl (C=O) groups is 3. The van der Waals surface area contributed by atoms with Crippen LogP contribution in [0.3, 0.4) is 0 Å². The summed E-state index contributed by atoms with van der Waals surface area (Å²) in [5, 5.41) is 6.07. The van der Waals surface area contributed by atoms with Gasteiger partial charge in [-0.3, -0.25) is 14.4 Å². The van der Waals surface area contributed by atoms with Crippen LogP contribution in [0.25, 0.3) is 0 Å². The summed E-state index contributed by atoms with van der Waals surface area (Å²) in [5.74, 6) is -0.458. The Balaban J connectivity index is 1.51. The Kier molecular flexibility index (Phi) is 5.39. The van der Waals surface area contributed by atoms with Crippen molar-refractivity contribution in [1.29, 1.82) is 0 Å². The minimum absolute atomic E-state index is 0.0367. The van der Waals surface area contributed by atoms with E-state index in [0.717, 1.165) is 0 Å². The van der Waals surface area contributed by atoms with E-state index in [1.165, 1.54) is 4.90 Å². The van der Waals surface area contributed by atoms with Gasteiger partial charge in [-0.2, -0.15) is 0 Å². The zero-order chi connectivity index (χ0) is 19.4. The van der Waals surface area contributed by atoms with Gasteiger partial charge in [0.15, 0.2) is 12.4 Å². The highest BCUT2D eigenvalue weighted by Gasteiger charge is 2.36. The minimum Gasteiger partial charge on any atom is -0.497 e. The molecule has 1 atom stereocenters. The van der Waals surface area contributed by atoms with Crippen molar-refractivity contribution in [2.75, 3.05) is 30.5 Å². The molecular weight excluding hydrogens is 354 g/mol. The van der Waals surface area contributed by atoms with E-state index in [-0.39, 0.29) is 24.7 Å². The average Bonchev–Trinajstić information content (AvgIpc) is 3.25. The molecule has 9 heteroatoms. The van der Waals surface area contributed by atoms with Gasteiger partial charge in [0, 0.05) is 24.7 Å². The number of aromatic nitrogens is 1. The minimum atomic E-state index is -0.623. The molecule has 1 fully saturated rings. The lowest BCUT2D eigenvalue weighted by molar-refractivity contribution is -0.151. The molecule has 0 aliphatic carbocycles. The summed E-state index contributed by atoms with van der Waals surface area (Å²) in [4.78, 5) is 37.7. The first-order chi connectivity index (χ1) is 13.0. The SMILES string of the molecule is COc1ccc(N2C[C@H](C(=O)OCC(=O)Nc3cc(C)on3)CC2=O)cc1. The number of esters is 1. The van der Waals surface area contributed by atoms with Crippen molar-refractivity contribution in [3.63, 3.8) is 0 Å². The molecule has 1 N–H and O–H groups in total. The number of aryl methyl sites for hydroxylation is 1. The molecule has 142 valence electrons. The predicted molar refractivity (Wildman–Crippen MR) is 94.3 cm³/mol. The van der Waals surface area contributed by atoms with Gasteiger partial charge in [-0.25, -0.2) is 0 Å². The van der Waals surface area contributed by atoms with Crippen LogP contribution in [0.4, 0.5) is 11.5 Å². The fraction of sp³-hybridized carbons (Fsp3) is 0.333. The number of nitrogens with one attached hydrogen (secondary N) is 1. The van der Waals surface area contributed by atoms with Crippen molar-refractivity contribution in [3.05, 3.63) is 36.1 Å². The molecule has 0 radical (unpaired) electrons. The first kappa shape index (κ1) is 18.4. The van der Waals surface area contributed by atoms with Gasteiger partial charge in [0.25, 0.3) is 5.91 Å². The Morgan fingerprint density at radius 3 is 2.70 bits per heavy atom. The number of anilines is 2. The van der Waals surface area contributed by atoms with Crippen LogP contribution in [0.15, 0.2) is 34.9 Å². The quantitative estimate of drug-likeness (QED) is 0.764. The Morgan fingerprint density at radius 1 is 1.33 bits per heavy atom. The third-order valence-electron chi connectivity index (χ3n) is 4.08. The van der Waals surface area contributed by atoms with Gasteiger partial charge in [0.05, 0.1) is 13.0 Å². The van der Waals surface area contributed by atoms with Gasteiger partial charge in [-0.15, -0.1) is 0 Å². The molecule has 0 bridgehead atoms. The lowest BCUT2D eigenvalue weighted by Gasteiger charge is -2.16. The first-order valence-corrected chi connectivity index (χ1v) is 8.30. The van der Waals surface area contributed by atoms with E-state index in [2.05, 4.69) is 10.5 Å². The number of hydrogen-bond donors (Lipinski definition) is 1. The van der Waals surface area contributed by atoms with Crippen LogP contribution in [-0.4, -0.2) is 43.2 Å². The van der Waals surface area contributed by atoms with Crippen LogP contribution in [0, 0.1) is 12.8 Å². The summed E-state index contributed by atoms with van der Waals surface area (Å²) in [6.07, 6.45) is 0.0367. The fourth-order valence-corrected chi connectivity index (χ4v) is 2.74. The van der Waals surface area contributed by atoms with Crippen molar-refractivity contribution >= 4 is 29.3 Å². The third-order valence-corrected chi connectivity index (χ3v) is 4.08. The van der Waals surface area contributed by atoms with Crippen LogP contribution in [0.5, 0.6) is 5.75 Å². The van der Waals surface area contributed by atoms with Crippen molar-refractivity contribution in [1.82, 2.24) is 5.16 Å². The van der Waals surface area contributed by atoms with Crippen molar-refractivity contribution in [3.8, 4) is 5.75 Å². The number of amides is 2.